The van der Waals surface area contributed by atoms with Crippen molar-refractivity contribution in [3.8, 4) is 0 Å². The van der Waals surface area contributed by atoms with Crippen LogP contribution in [0.3, 0.4) is 0 Å². The third-order valence-corrected chi connectivity index (χ3v) is 4.47. The predicted molar refractivity (Wildman–Crippen MR) is 86.4 cm³/mol. The van der Waals surface area contributed by atoms with Crippen LogP contribution >= 0.6 is 0 Å². The topological polar surface area (TPSA) is 34.2 Å². The van der Waals surface area contributed by atoms with Gasteiger partial charge in [0.25, 0.3) is 0 Å². The third-order valence-electron chi connectivity index (χ3n) is 4.47. The second-order valence-corrected chi connectivity index (χ2v) is 6.10. The largest absolute Gasteiger partial charge is 0.373 e. The van der Waals surface area contributed by atoms with Crippen LogP contribution in [0.25, 0.3) is 10.8 Å². The van der Waals surface area contributed by atoms with Crippen LogP contribution in [0.1, 0.15) is 44.7 Å². The first-order chi connectivity index (χ1) is 10.2. The third kappa shape index (κ3) is 2.81. The van der Waals surface area contributed by atoms with Gasteiger partial charge in [0.15, 0.2) is 0 Å². The lowest BCUT2D eigenvalue weighted by Gasteiger charge is -2.35. The molecule has 3 rings (SSSR count). The molecule has 1 aliphatic heterocycles. The summed E-state index contributed by atoms with van der Waals surface area (Å²) in [4.78, 5) is 4.45. The molecule has 0 bridgehead atoms. The number of ether oxygens (including phenoxy) is 1. The van der Waals surface area contributed by atoms with Crippen LogP contribution in [-0.4, -0.2) is 23.7 Å². The summed E-state index contributed by atoms with van der Waals surface area (Å²) in [6, 6.07) is 8.67. The predicted octanol–water partition coefficient (Wildman–Crippen LogP) is 3.84. The van der Waals surface area contributed by atoms with E-state index in [2.05, 4.69) is 48.4 Å². The van der Waals surface area contributed by atoms with Crippen LogP contribution in [0.15, 0.2) is 36.7 Å². The molecule has 1 N–H and O–H groups in total. The second kappa shape index (κ2) is 6.12. The zero-order valence-electron chi connectivity index (χ0n) is 12.9. The zero-order valence-corrected chi connectivity index (χ0v) is 12.9. The van der Waals surface area contributed by atoms with E-state index in [9.17, 15) is 0 Å². The monoisotopic (exact) mass is 284 g/mol. The van der Waals surface area contributed by atoms with E-state index in [1.165, 1.54) is 16.3 Å². The minimum Gasteiger partial charge on any atom is -0.373 e. The Morgan fingerprint density at radius 3 is 2.95 bits per heavy atom. The molecule has 2 atom stereocenters. The van der Waals surface area contributed by atoms with E-state index in [1.807, 2.05) is 12.4 Å². The fraction of sp³-hybridized carbons (Fsp3) is 0.500. The van der Waals surface area contributed by atoms with Crippen molar-refractivity contribution in [3.05, 3.63) is 42.2 Å². The first-order valence-corrected chi connectivity index (χ1v) is 7.94. The minimum atomic E-state index is -0.138. The first kappa shape index (κ1) is 14.5. The van der Waals surface area contributed by atoms with E-state index in [4.69, 9.17) is 4.74 Å². The van der Waals surface area contributed by atoms with Gasteiger partial charge in [-0.25, -0.2) is 0 Å². The van der Waals surface area contributed by atoms with Crippen LogP contribution in [0.5, 0.6) is 0 Å². The lowest BCUT2D eigenvalue weighted by atomic mass is 9.86. The van der Waals surface area contributed by atoms with Gasteiger partial charge in [0.2, 0.25) is 0 Å². The summed E-state index contributed by atoms with van der Waals surface area (Å²) in [6.07, 6.45) is 7.29. The normalized spacial score (nSPS) is 23.5. The molecule has 1 saturated heterocycles. The van der Waals surface area contributed by atoms with E-state index in [-0.39, 0.29) is 11.6 Å². The van der Waals surface area contributed by atoms with E-state index in [1.54, 1.807) is 0 Å². The Balaban J connectivity index is 2.05. The summed E-state index contributed by atoms with van der Waals surface area (Å²) in [5.74, 6) is 0. The SMILES string of the molecule is CCCNC(c1cncc2ccccc12)C1(C)CCCO1. The molecule has 3 heteroatoms. The summed E-state index contributed by atoms with van der Waals surface area (Å²) < 4.78 is 6.11. The van der Waals surface area contributed by atoms with Gasteiger partial charge in [-0.15, -0.1) is 0 Å². The summed E-state index contributed by atoms with van der Waals surface area (Å²) in [7, 11) is 0. The molecule has 3 nitrogen and oxygen atoms in total. The van der Waals surface area contributed by atoms with Crippen LogP contribution < -0.4 is 5.32 Å². The molecule has 0 spiro atoms. The Morgan fingerprint density at radius 1 is 1.33 bits per heavy atom. The molecular weight excluding hydrogens is 260 g/mol. The van der Waals surface area contributed by atoms with Crippen molar-refractivity contribution in [1.82, 2.24) is 10.3 Å². The molecule has 0 aliphatic carbocycles. The Kier molecular flexibility index (Phi) is 4.22. The fourth-order valence-corrected chi connectivity index (χ4v) is 3.34. The van der Waals surface area contributed by atoms with Crippen molar-refractivity contribution in [2.75, 3.05) is 13.2 Å². The molecule has 0 saturated carbocycles. The average molecular weight is 284 g/mol. The molecule has 2 aromatic rings. The number of aromatic nitrogens is 1. The van der Waals surface area contributed by atoms with E-state index in [0.29, 0.717) is 0 Å². The molecule has 1 fully saturated rings. The molecule has 0 radical (unpaired) electrons. The van der Waals surface area contributed by atoms with Gasteiger partial charge in [-0.2, -0.15) is 0 Å². The smallest absolute Gasteiger partial charge is 0.0849 e. The molecule has 1 aliphatic rings. The summed E-state index contributed by atoms with van der Waals surface area (Å²) in [6.45, 7) is 6.28. The Hall–Kier alpha value is -1.45. The zero-order chi connectivity index (χ0) is 14.7. The van der Waals surface area contributed by atoms with E-state index in [0.717, 1.165) is 32.4 Å². The molecule has 112 valence electrons. The molecule has 2 heterocycles. The van der Waals surface area contributed by atoms with Gasteiger partial charge >= 0.3 is 0 Å². The van der Waals surface area contributed by atoms with Crippen LogP contribution in [0, 0.1) is 0 Å². The maximum atomic E-state index is 6.11. The van der Waals surface area contributed by atoms with E-state index < -0.39 is 0 Å². The molecule has 2 unspecified atom stereocenters. The number of hydrogen-bond donors (Lipinski definition) is 1. The number of benzene rings is 1. The Labute approximate surface area is 126 Å². The molecule has 1 aromatic heterocycles. The average Bonchev–Trinajstić information content (AvgIpc) is 2.95. The summed E-state index contributed by atoms with van der Waals surface area (Å²) in [5.41, 5.74) is 1.12. The highest BCUT2D eigenvalue weighted by Gasteiger charge is 2.39. The van der Waals surface area contributed by atoms with Crippen molar-refractivity contribution in [3.63, 3.8) is 0 Å². The quantitative estimate of drug-likeness (QED) is 0.905. The number of nitrogens with zero attached hydrogens (tertiary/aromatic N) is 1. The highest BCUT2D eigenvalue weighted by Crippen LogP contribution is 2.39. The standard InChI is InChI=1S/C18H24N2O/c1-3-10-20-17(18(2)9-6-11-21-18)16-13-19-12-14-7-4-5-8-15(14)16/h4-5,7-8,12-13,17,20H,3,6,9-11H2,1-2H3. The Bertz CT molecular complexity index is 600. The molecular formula is C18H24N2O. The molecule has 1 aromatic carbocycles. The van der Waals surface area contributed by atoms with Crippen molar-refractivity contribution >= 4 is 10.8 Å². The number of fused-ring (bicyclic) bond motifs is 1. The van der Waals surface area contributed by atoms with Crippen LogP contribution in [-0.2, 0) is 4.74 Å². The maximum Gasteiger partial charge on any atom is 0.0849 e. The number of pyridine rings is 1. The van der Waals surface area contributed by atoms with Gasteiger partial charge in [-0.1, -0.05) is 31.2 Å². The second-order valence-electron chi connectivity index (χ2n) is 6.10. The van der Waals surface area contributed by atoms with Gasteiger partial charge < -0.3 is 10.1 Å². The molecule has 0 amide bonds. The van der Waals surface area contributed by atoms with Crippen LogP contribution in [0.2, 0.25) is 0 Å². The van der Waals surface area contributed by atoms with Gasteiger partial charge in [0.1, 0.15) is 0 Å². The Morgan fingerprint density at radius 2 is 2.19 bits per heavy atom. The molecule has 21 heavy (non-hydrogen) atoms. The van der Waals surface area contributed by atoms with Crippen LogP contribution in [0.4, 0.5) is 0 Å². The summed E-state index contributed by atoms with van der Waals surface area (Å²) in [5, 5.41) is 6.17. The minimum absolute atomic E-state index is 0.138. The number of rotatable bonds is 5. The highest BCUT2D eigenvalue weighted by molar-refractivity contribution is 5.85. The van der Waals surface area contributed by atoms with Crippen molar-refractivity contribution < 1.29 is 4.74 Å². The number of nitrogens with one attached hydrogen (secondary N) is 1. The summed E-state index contributed by atoms with van der Waals surface area (Å²) >= 11 is 0. The highest BCUT2D eigenvalue weighted by atomic mass is 16.5. The van der Waals surface area contributed by atoms with Crippen molar-refractivity contribution in [1.29, 1.82) is 0 Å². The van der Waals surface area contributed by atoms with Crippen molar-refractivity contribution in [2.45, 2.75) is 44.8 Å². The van der Waals surface area contributed by atoms with Gasteiger partial charge in [-0.05, 0) is 43.7 Å². The van der Waals surface area contributed by atoms with Crippen molar-refractivity contribution in [2.24, 2.45) is 0 Å². The lowest BCUT2D eigenvalue weighted by Crippen LogP contribution is -2.41. The first-order valence-electron chi connectivity index (χ1n) is 7.94. The number of hydrogen-bond acceptors (Lipinski definition) is 3. The van der Waals surface area contributed by atoms with Gasteiger partial charge in [-0.3, -0.25) is 4.98 Å². The van der Waals surface area contributed by atoms with Gasteiger partial charge in [0, 0.05) is 24.4 Å². The van der Waals surface area contributed by atoms with Gasteiger partial charge in [0.05, 0.1) is 11.6 Å². The fourth-order valence-electron chi connectivity index (χ4n) is 3.34. The van der Waals surface area contributed by atoms with E-state index >= 15 is 0 Å². The maximum absolute atomic E-state index is 6.11. The lowest BCUT2D eigenvalue weighted by molar-refractivity contribution is -0.0121.